The van der Waals surface area contributed by atoms with Crippen LogP contribution in [0.3, 0.4) is 0 Å². The van der Waals surface area contributed by atoms with Crippen LogP contribution in [0.2, 0.25) is 0 Å². The number of fused-ring (bicyclic) bond motifs is 1. The van der Waals surface area contributed by atoms with Crippen LogP contribution >= 0.6 is 23.1 Å². The first kappa shape index (κ1) is 18.6. The number of halogens is 1. The van der Waals surface area contributed by atoms with Crippen molar-refractivity contribution in [1.29, 1.82) is 0 Å². The molecule has 1 aliphatic heterocycles. The lowest BCUT2D eigenvalue weighted by Crippen LogP contribution is -2.08. The summed E-state index contributed by atoms with van der Waals surface area (Å²) in [4.78, 5) is 24.2. The Morgan fingerprint density at radius 3 is 2.96 bits per heavy atom. The summed E-state index contributed by atoms with van der Waals surface area (Å²) in [5, 5.41) is 14.4. The molecule has 142 valence electrons. The quantitative estimate of drug-likeness (QED) is 0.458. The van der Waals surface area contributed by atoms with Crippen molar-refractivity contribution in [3.8, 4) is 0 Å². The van der Waals surface area contributed by atoms with Crippen molar-refractivity contribution < 1.29 is 14.0 Å². The van der Waals surface area contributed by atoms with Crippen LogP contribution in [0.15, 0.2) is 46.8 Å². The van der Waals surface area contributed by atoms with Crippen LogP contribution in [0.4, 0.5) is 20.9 Å². The van der Waals surface area contributed by atoms with E-state index in [-0.39, 0.29) is 29.2 Å². The predicted octanol–water partition coefficient (Wildman–Crippen LogP) is 4.45. The molecule has 0 saturated carbocycles. The van der Waals surface area contributed by atoms with Gasteiger partial charge in [-0.2, -0.15) is 0 Å². The molecule has 6 nitrogen and oxygen atoms in total. The summed E-state index contributed by atoms with van der Waals surface area (Å²) in [5.41, 5.74) is 2.76. The number of amides is 1. The average molecular weight is 414 g/mol. The fourth-order valence-corrected chi connectivity index (χ4v) is 4.48. The lowest BCUT2D eigenvalue weighted by Gasteiger charge is -2.05. The minimum absolute atomic E-state index is 0.0470. The van der Waals surface area contributed by atoms with Gasteiger partial charge >= 0.3 is 0 Å². The third kappa shape index (κ3) is 3.90. The lowest BCUT2D eigenvalue weighted by molar-refractivity contribution is -0.116. The summed E-state index contributed by atoms with van der Waals surface area (Å²) < 4.78 is 13.9. The van der Waals surface area contributed by atoms with E-state index >= 15 is 0 Å². The topological polar surface area (TPSA) is 84.0 Å². The standard InChI is InChI=1S/C19H15FN4O2S2/c1-10-14-7-11(5-6-15(14)22-17(10)26)16(25)9-27-19-24-23-18(28-19)21-13-4-2-3-12(20)8-13/h2-8,10H,9H2,1H3,(H,21,23)(H,22,26)/t10-/m1/s1. The van der Waals surface area contributed by atoms with E-state index in [0.717, 1.165) is 11.3 Å². The molecule has 0 radical (unpaired) electrons. The molecule has 2 N–H and O–H groups in total. The van der Waals surface area contributed by atoms with Crippen molar-refractivity contribution in [2.75, 3.05) is 16.4 Å². The van der Waals surface area contributed by atoms with E-state index in [1.54, 1.807) is 30.3 Å². The van der Waals surface area contributed by atoms with Gasteiger partial charge in [0.1, 0.15) is 5.82 Å². The van der Waals surface area contributed by atoms with E-state index in [0.29, 0.717) is 20.7 Å². The van der Waals surface area contributed by atoms with Crippen LogP contribution in [-0.4, -0.2) is 27.6 Å². The maximum Gasteiger partial charge on any atom is 0.231 e. The highest BCUT2D eigenvalue weighted by Crippen LogP contribution is 2.33. The van der Waals surface area contributed by atoms with E-state index in [1.807, 2.05) is 6.92 Å². The Bertz CT molecular complexity index is 1070. The number of rotatable bonds is 6. The minimum atomic E-state index is -0.338. The summed E-state index contributed by atoms with van der Waals surface area (Å²) in [7, 11) is 0. The Balaban J connectivity index is 1.38. The SMILES string of the molecule is C[C@H]1C(=O)Nc2ccc(C(=O)CSc3nnc(Nc4cccc(F)c4)s3)cc21. The number of nitrogens with one attached hydrogen (secondary N) is 2. The van der Waals surface area contributed by atoms with Gasteiger partial charge in [-0.25, -0.2) is 4.39 Å². The Labute approximate surface area is 168 Å². The number of ketones is 1. The van der Waals surface area contributed by atoms with E-state index in [9.17, 15) is 14.0 Å². The molecule has 1 amide bonds. The average Bonchev–Trinajstić information content (AvgIpc) is 3.24. The molecule has 3 aromatic rings. The van der Waals surface area contributed by atoms with E-state index in [4.69, 9.17) is 0 Å². The molecule has 2 aromatic carbocycles. The summed E-state index contributed by atoms with van der Waals surface area (Å²) >= 11 is 2.58. The summed E-state index contributed by atoms with van der Waals surface area (Å²) in [6, 6.07) is 11.3. The molecule has 0 fully saturated rings. The first-order valence-electron chi connectivity index (χ1n) is 8.46. The Morgan fingerprint density at radius 1 is 1.29 bits per heavy atom. The summed E-state index contributed by atoms with van der Waals surface area (Å²) in [6.45, 7) is 1.82. The van der Waals surface area contributed by atoms with Gasteiger partial charge in [-0.1, -0.05) is 29.2 Å². The van der Waals surface area contributed by atoms with Crippen molar-refractivity contribution in [2.24, 2.45) is 0 Å². The van der Waals surface area contributed by atoms with Gasteiger partial charge in [0.05, 0.1) is 11.7 Å². The molecule has 1 aliphatic rings. The largest absolute Gasteiger partial charge is 0.330 e. The van der Waals surface area contributed by atoms with Crippen molar-refractivity contribution in [1.82, 2.24) is 10.2 Å². The molecule has 0 unspecified atom stereocenters. The molecule has 2 heterocycles. The zero-order valence-electron chi connectivity index (χ0n) is 14.7. The third-order valence-corrected chi connectivity index (χ3v) is 6.27. The smallest absolute Gasteiger partial charge is 0.231 e. The number of aromatic nitrogens is 2. The molecule has 4 rings (SSSR count). The highest BCUT2D eigenvalue weighted by atomic mass is 32.2. The van der Waals surface area contributed by atoms with Gasteiger partial charge in [-0.3, -0.25) is 9.59 Å². The predicted molar refractivity (Wildman–Crippen MR) is 108 cm³/mol. The van der Waals surface area contributed by atoms with Crippen LogP contribution in [0.25, 0.3) is 0 Å². The molecule has 9 heteroatoms. The van der Waals surface area contributed by atoms with Gasteiger partial charge in [-0.05, 0) is 48.9 Å². The van der Waals surface area contributed by atoms with Crippen molar-refractivity contribution in [3.05, 3.63) is 59.4 Å². The van der Waals surface area contributed by atoms with Gasteiger partial charge < -0.3 is 10.6 Å². The molecule has 0 spiro atoms. The van der Waals surface area contributed by atoms with E-state index < -0.39 is 0 Å². The van der Waals surface area contributed by atoms with E-state index in [2.05, 4.69) is 20.8 Å². The molecule has 0 bridgehead atoms. The monoisotopic (exact) mass is 414 g/mol. The number of nitrogens with zero attached hydrogens (tertiary/aromatic N) is 2. The third-order valence-electron chi connectivity index (χ3n) is 4.30. The fraction of sp³-hybridized carbons (Fsp3) is 0.158. The molecule has 0 saturated heterocycles. The maximum absolute atomic E-state index is 13.2. The number of Topliss-reactive ketones (excluding diaryl/α,β-unsaturated/α-hetero) is 1. The van der Waals surface area contributed by atoms with Crippen LogP contribution in [0, 0.1) is 5.82 Å². The Morgan fingerprint density at radius 2 is 2.14 bits per heavy atom. The first-order chi connectivity index (χ1) is 13.5. The van der Waals surface area contributed by atoms with Crippen LogP contribution in [0.5, 0.6) is 0 Å². The zero-order chi connectivity index (χ0) is 19.7. The molecular formula is C19H15FN4O2S2. The molecule has 28 heavy (non-hydrogen) atoms. The van der Waals surface area contributed by atoms with Gasteiger partial charge in [0.2, 0.25) is 11.0 Å². The maximum atomic E-state index is 13.2. The Hall–Kier alpha value is -2.78. The van der Waals surface area contributed by atoms with Crippen molar-refractivity contribution in [2.45, 2.75) is 17.2 Å². The number of carbonyl (C=O) groups is 2. The number of anilines is 3. The van der Waals surface area contributed by atoms with E-state index in [1.165, 1.54) is 35.2 Å². The highest BCUT2D eigenvalue weighted by Gasteiger charge is 2.27. The fourth-order valence-electron chi connectivity index (χ4n) is 2.81. The van der Waals surface area contributed by atoms with Crippen LogP contribution in [-0.2, 0) is 4.79 Å². The first-order valence-corrected chi connectivity index (χ1v) is 10.3. The molecular weight excluding hydrogens is 399 g/mol. The molecule has 1 atom stereocenters. The zero-order valence-corrected chi connectivity index (χ0v) is 16.4. The highest BCUT2D eigenvalue weighted by molar-refractivity contribution is 8.01. The van der Waals surface area contributed by atoms with Crippen LogP contribution < -0.4 is 10.6 Å². The Kier molecular flexibility index (Phi) is 5.10. The number of benzene rings is 2. The minimum Gasteiger partial charge on any atom is -0.330 e. The van der Waals surface area contributed by atoms with Crippen LogP contribution in [0.1, 0.15) is 28.8 Å². The van der Waals surface area contributed by atoms with Crippen molar-refractivity contribution >= 4 is 51.3 Å². The van der Waals surface area contributed by atoms with Crippen molar-refractivity contribution in [3.63, 3.8) is 0 Å². The molecule has 0 aliphatic carbocycles. The van der Waals surface area contributed by atoms with Gasteiger partial charge in [0, 0.05) is 16.9 Å². The van der Waals surface area contributed by atoms with Gasteiger partial charge in [-0.15, -0.1) is 10.2 Å². The number of hydrogen-bond donors (Lipinski definition) is 2. The summed E-state index contributed by atoms with van der Waals surface area (Å²) in [6.07, 6.45) is 0. The number of carbonyl (C=O) groups excluding carboxylic acids is 2. The van der Waals surface area contributed by atoms with Gasteiger partial charge in [0.15, 0.2) is 10.1 Å². The second-order valence-corrected chi connectivity index (χ2v) is 8.43. The van der Waals surface area contributed by atoms with Gasteiger partial charge in [0.25, 0.3) is 0 Å². The molecule has 1 aromatic heterocycles. The second kappa shape index (κ2) is 7.69. The lowest BCUT2D eigenvalue weighted by atomic mass is 9.99. The second-order valence-electron chi connectivity index (χ2n) is 6.23. The summed E-state index contributed by atoms with van der Waals surface area (Å²) in [5.74, 6) is -0.482. The normalized spacial score (nSPS) is 15.2. The number of hydrogen-bond acceptors (Lipinski definition) is 7. The number of thioether (sulfide) groups is 1.